The van der Waals surface area contributed by atoms with Crippen LogP contribution in [0.15, 0.2) is 40.2 Å². The number of amides is 1. The summed E-state index contributed by atoms with van der Waals surface area (Å²) in [4.78, 5) is 23.3. The third-order valence-electron chi connectivity index (χ3n) is 4.24. The molecule has 0 radical (unpaired) electrons. The number of likely N-dealkylation sites (N-methyl/N-ethyl adjacent to an activating group) is 2. The fraction of sp³-hybridized carbons (Fsp3) is 0.500. The van der Waals surface area contributed by atoms with Crippen molar-refractivity contribution in [2.75, 3.05) is 33.8 Å². The van der Waals surface area contributed by atoms with Crippen molar-refractivity contribution in [3.8, 4) is 0 Å². The fourth-order valence-electron chi connectivity index (χ4n) is 2.87. The minimum atomic E-state index is -4.00. The number of benzene rings is 1. The molecule has 3 rings (SSSR count). The van der Waals surface area contributed by atoms with Crippen LogP contribution in [0.4, 0.5) is 0 Å². The van der Waals surface area contributed by atoms with Crippen molar-refractivity contribution in [2.45, 2.75) is 23.9 Å². The Kier molecular flexibility index (Phi) is 6.70. The molecule has 1 fully saturated rings. The van der Waals surface area contributed by atoms with Gasteiger partial charge >= 0.3 is 5.91 Å². The van der Waals surface area contributed by atoms with E-state index in [0.717, 1.165) is 19.6 Å². The normalized spacial score (nSPS) is 21.5. The lowest BCUT2D eigenvalue weighted by molar-refractivity contribution is -0.161. The Bertz CT molecular complexity index is 753. The van der Waals surface area contributed by atoms with Gasteiger partial charge in [-0.3, -0.25) is 19.2 Å². The number of nitrogens with one attached hydrogen (secondary N) is 1. The number of carbonyl (C=O) groups excluding carboxylic acids is 1. The van der Waals surface area contributed by atoms with Crippen LogP contribution >= 0.6 is 0 Å². The van der Waals surface area contributed by atoms with Crippen molar-refractivity contribution >= 4 is 21.9 Å². The molecule has 0 aliphatic carbocycles. The molecule has 0 aromatic heterocycles. The molecule has 1 amide bonds. The van der Waals surface area contributed by atoms with Crippen molar-refractivity contribution < 1.29 is 22.6 Å². The molecule has 1 aromatic carbocycles. The SMILES string of the molecule is CCN1C(C(=O)N(C)OC)=NC2CNCC21.O=S(=O)(O)c1ccccc1. The lowest BCUT2D eigenvalue weighted by atomic mass is 10.2. The monoisotopic (exact) mass is 384 g/mol. The van der Waals surface area contributed by atoms with Gasteiger partial charge < -0.3 is 10.2 Å². The van der Waals surface area contributed by atoms with E-state index in [-0.39, 0.29) is 16.8 Å². The van der Waals surface area contributed by atoms with Crippen molar-refractivity contribution in [3.05, 3.63) is 30.3 Å². The first-order valence-electron chi connectivity index (χ1n) is 8.19. The molecule has 2 N–H and O–H groups in total. The van der Waals surface area contributed by atoms with Crippen LogP contribution in [0.2, 0.25) is 0 Å². The Labute approximate surface area is 153 Å². The average Bonchev–Trinajstić information content (AvgIpc) is 3.21. The van der Waals surface area contributed by atoms with E-state index in [2.05, 4.69) is 15.2 Å². The molecule has 0 bridgehead atoms. The van der Waals surface area contributed by atoms with E-state index in [4.69, 9.17) is 9.39 Å². The summed E-state index contributed by atoms with van der Waals surface area (Å²) >= 11 is 0. The molecule has 1 saturated heterocycles. The van der Waals surface area contributed by atoms with Gasteiger partial charge in [0, 0.05) is 26.7 Å². The lowest BCUT2D eigenvalue weighted by Crippen LogP contribution is -2.46. The third-order valence-corrected chi connectivity index (χ3v) is 5.11. The lowest BCUT2D eigenvalue weighted by Gasteiger charge is -2.26. The summed E-state index contributed by atoms with van der Waals surface area (Å²) in [6.07, 6.45) is 0. The van der Waals surface area contributed by atoms with Gasteiger partial charge in [-0.05, 0) is 19.1 Å². The predicted octanol–water partition coefficient (Wildman–Crippen LogP) is 0.0139. The van der Waals surface area contributed by atoms with Crippen LogP contribution < -0.4 is 5.32 Å². The van der Waals surface area contributed by atoms with E-state index in [1.165, 1.54) is 24.3 Å². The summed E-state index contributed by atoms with van der Waals surface area (Å²) in [5.41, 5.74) is 0. The highest BCUT2D eigenvalue weighted by Crippen LogP contribution is 2.21. The van der Waals surface area contributed by atoms with Crippen molar-refractivity contribution in [2.24, 2.45) is 4.99 Å². The van der Waals surface area contributed by atoms with Crippen LogP contribution in [-0.4, -0.2) is 80.6 Å². The summed E-state index contributed by atoms with van der Waals surface area (Å²) in [5.74, 6) is 0.363. The molecule has 2 unspecified atom stereocenters. The summed E-state index contributed by atoms with van der Waals surface area (Å²) in [7, 11) is -0.922. The zero-order valence-corrected chi connectivity index (χ0v) is 15.8. The van der Waals surface area contributed by atoms with Crippen LogP contribution in [0.1, 0.15) is 6.92 Å². The van der Waals surface area contributed by atoms with Gasteiger partial charge in [-0.15, -0.1) is 0 Å². The number of hydrogen-bond donors (Lipinski definition) is 2. The Hall–Kier alpha value is -2.01. The van der Waals surface area contributed by atoms with Gasteiger partial charge in [0.25, 0.3) is 10.1 Å². The molecule has 0 saturated carbocycles. The zero-order valence-electron chi connectivity index (χ0n) is 15.0. The van der Waals surface area contributed by atoms with Crippen LogP contribution in [-0.2, 0) is 19.8 Å². The van der Waals surface area contributed by atoms with Crippen LogP contribution in [0.25, 0.3) is 0 Å². The minimum absolute atomic E-state index is 0.0741. The fourth-order valence-corrected chi connectivity index (χ4v) is 3.37. The highest BCUT2D eigenvalue weighted by atomic mass is 32.2. The molecule has 1 aromatic rings. The first-order valence-corrected chi connectivity index (χ1v) is 9.63. The molecule has 0 spiro atoms. The quantitative estimate of drug-likeness (QED) is 0.556. The second-order valence-corrected chi connectivity index (χ2v) is 7.23. The van der Waals surface area contributed by atoms with Crippen LogP contribution in [0.5, 0.6) is 0 Å². The molecule has 2 aliphatic heterocycles. The van der Waals surface area contributed by atoms with Crippen molar-refractivity contribution in [1.82, 2.24) is 15.3 Å². The van der Waals surface area contributed by atoms with Gasteiger partial charge in [0.05, 0.1) is 24.1 Å². The number of carbonyl (C=O) groups is 1. The van der Waals surface area contributed by atoms with E-state index in [1.54, 1.807) is 25.2 Å². The van der Waals surface area contributed by atoms with Gasteiger partial charge in [0.1, 0.15) is 0 Å². The van der Waals surface area contributed by atoms with Gasteiger partial charge in [-0.2, -0.15) is 8.42 Å². The molecule has 2 aliphatic rings. The Balaban J connectivity index is 0.000000209. The summed E-state index contributed by atoms with van der Waals surface area (Å²) in [6.45, 7) is 4.59. The Morgan fingerprint density at radius 1 is 1.38 bits per heavy atom. The van der Waals surface area contributed by atoms with Gasteiger partial charge in [0.15, 0.2) is 5.84 Å². The minimum Gasteiger partial charge on any atom is -0.346 e. The van der Waals surface area contributed by atoms with Gasteiger partial charge in [-0.1, -0.05) is 18.2 Å². The molecule has 144 valence electrons. The van der Waals surface area contributed by atoms with Crippen molar-refractivity contribution in [3.63, 3.8) is 0 Å². The van der Waals surface area contributed by atoms with E-state index in [0.29, 0.717) is 11.9 Å². The van der Waals surface area contributed by atoms with Crippen LogP contribution in [0.3, 0.4) is 0 Å². The second-order valence-electron chi connectivity index (χ2n) is 5.80. The smallest absolute Gasteiger partial charge is 0.312 e. The average molecular weight is 384 g/mol. The summed E-state index contributed by atoms with van der Waals surface area (Å²) in [6, 6.07) is 7.96. The molecule has 26 heavy (non-hydrogen) atoms. The van der Waals surface area contributed by atoms with Crippen LogP contribution in [0, 0.1) is 0 Å². The maximum absolute atomic E-state index is 12.0. The number of nitrogens with zero attached hydrogens (tertiary/aromatic N) is 3. The van der Waals surface area contributed by atoms with Gasteiger partial charge in [0.2, 0.25) is 0 Å². The number of hydrogen-bond acceptors (Lipinski definition) is 7. The van der Waals surface area contributed by atoms with E-state index in [1.807, 2.05) is 6.92 Å². The van der Waals surface area contributed by atoms with Gasteiger partial charge in [-0.25, -0.2) is 5.06 Å². The van der Waals surface area contributed by atoms with E-state index >= 15 is 0 Å². The predicted molar refractivity (Wildman–Crippen MR) is 96.3 cm³/mol. The molecule has 2 atom stereocenters. The van der Waals surface area contributed by atoms with E-state index < -0.39 is 10.1 Å². The Morgan fingerprint density at radius 3 is 2.54 bits per heavy atom. The number of fused-ring (bicyclic) bond motifs is 1. The van der Waals surface area contributed by atoms with E-state index in [9.17, 15) is 13.2 Å². The topological polar surface area (TPSA) is 112 Å². The van der Waals surface area contributed by atoms with Crippen molar-refractivity contribution in [1.29, 1.82) is 0 Å². The molecule has 10 heteroatoms. The first-order chi connectivity index (χ1) is 12.3. The zero-order chi connectivity index (χ0) is 19.3. The summed E-state index contributed by atoms with van der Waals surface area (Å²) < 4.78 is 29.2. The number of hydroxylamine groups is 2. The molecule has 9 nitrogen and oxygen atoms in total. The largest absolute Gasteiger partial charge is 0.346 e. The maximum Gasteiger partial charge on any atom is 0.312 e. The first kappa shape index (κ1) is 20.3. The maximum atomic E-state index is 12.0. The number of aliphatic imine (C=N–C) groups is 1. The molecule has 2 heterocycles. The standard InChI is InChI=1S/C10H18N4O2.C6H6O3S/c1-4-14-8-6-11-5-7(8)12-9(14)10(15)13(2)16-3;7-10(8,9)6-4-2-1-3-5-6/h7-8,11H,4-6H2,1-3H3;1-5H,(H,7,8,9). The summed E-state index contributed by atoms with van der Waals surface area (Å²) in [5, 5.41) is 4.50. The Morgan fingerprint density at radius 2 is 2.04 bits per heavy atom. The highest BCUT2D eigenvalue weighted by Gasteiger charge is 2.41. The molecular weight excluding hydrogens is 360 g/mol. The third kappa shape index (κ3) is 4.58. The highest BCUT2D eigenvalue weighted by molar-refractivity contribution is 7.85. The second kappa shape index (κ2) is 8.58. The number of amidine groups is 1. The number of rotatable bonds is 4. The molecular formula is C16H24N4O5S.